The van der Waals surface area contributed by atoms with Crippen molar-refractivity contribution in [3.63, 3.8) is 0 Å². The first-order chi connectivity index (χ1) is 13.2. The largest absolute Gasteiger partial charge is 0.504 e. The van der Waals surface area contributed by atoms with E-state index in [1.165, 1.54) is 18.2 Å². The van der Waals surface area contributed by atoms with E-state index in [-0.39, 0.29) is 17.7 Å². The maximum Gasteiger partial charge on any atom is 0.231 e. The summed E-state index contributed by atoms with van der Waals surface area (Å²) in [5.74, 6) is -4.01. The van der Waals surface area contributed by atoms with Gasteiger partial charge in [0, 0.05) is 6.42 Å². The van der Waals surface area contributed by atoms with Crippen molar-refractivity contribution in [2.45, 2.75) is 38.2 Å². The fraction of sp³-hybridized carbons (Fsp3) is 0.300. The zero-order valence-electron chi connectivity index (χ0n) is 15.0. The van der Waals surface area contributed by atoms with E-state index in [1.807, 2.05) is 0 Å². The van der Waals surface area contributed by atoms with Gasteiger partial charge in [-0.1, -0.05) is 18.6 Å². The lowest BCUT2D eigenvalue weighted by molar-refractivity contribution is -0.141. The molecule has 0 spiro atoms. The number of phenolic OH excluding ortho intramolecular Hbond substituents is 5. The molecule has 1 atom stereocenters. The summed E-state index contributed by atoms with van der Waals surface area (Å²) >= 11 is 0. The van der Waals surface area contributed by atoms with E-state index < -0.39 is 40.7 Å². The quantitative estimate of drug-likeness (QED) is 0.216. The maximum absolute atomic E-state index is 12.0. The summed E-state index contributed by atoms with van der Waals surface area (Å²) < 4.78 is 0. The fourth-order valence-electron chi connectivity index (χ4n) is 2.73. The van der Waals surface area contributed by atoms with Gasteiger partial charge in [0.15, 0.2) is 23.0 Å². The predicted octanol–water partition coefficient (Wildman–Crippen LogP) is 2.19. The van der Waals surface area contributed by atoms with Crippen LogP contribution in [0.3, 0.4) is 0 Å². The molecule has 0 saturated carbocycles. The van der Waals surface area contributed by atoms with Crippen LogP contribution in [0.4, 0.5) is 0 Å². The average Bonchev–Trinajstić information content (AvgIpc) is 2.68. The highest BCUT2D eigenvalue weighted by molar-refractivity contribution is 6.38. The SMILES string of the molecule is O=C(CCCCCc1ccc(O)c(O)c1O)C(=O)C(O)c1ccc(O)c(O)c1. The second-order valence-corrected chi connectivity index (χ2v) is 6.44. The predicted molar refractivity (Wildman–Crippen MR) is 98.4 cm³/mol. The molecular weight excluding hydrogens is 368 g/mol. The highest BCUT2D eigenvalue weighted by atomic mass is 16.3. The maximum atomic E-state index is 12.0. The molecule has 1 unspecified atom stereocenters. The molecule has 0 heterocycles. The van der Waals surface area contributed by atoms with E-state index in [0.717, 1.165) is 12.1 Å². The molecule has 0 aromatic heterocycles. The lowest BCUT2D eigenvalue weighted by atomic mass is 9.98. The molecule has 2 aromatic rings. The van der Waals surface area contributed by atoms with Gasteiger partial charge in [-0.3, -0.25) is 9.59 Å². The van der Waals surface area contributed by atoms with Gasteiger partial charge >= 0.3 is 0 Å². The second-order valence-electron chi connectivity index (χ2n) is 6.44. The number of hydrogen-bond acceptors (Lipinski definition) is 8. The van der Waals surface area contributed by atoms with Crippen molar-refractivity contribution in [3.05, 3.63) is 41.5 Å². The second kappa shape index (κ2) is 9.09. The lowest BCUT2D eigenvalue weighted by Crippen LogP contribution is -2.21. The summed E-state index contributed by atoms with van der Waals surface area (Å²) in [5.41, 5.74) is 0.469. The molecule has 8 heteroatoms. The Hall–Kier alpha value is -3.26. The van der Waals surface area contributed by atoms with Crippen LogP contribution < -0.4 is 0 Å². The summed E-state index contributed by atoms with van der Waals surface area (Å²) in [5, 5.41) is 57.1. The number of carbonyl (C=O) groups excluding carboxylic acids is 2. The van der Waals surface area contributed by atoms with E-state index in [9.17, 15) is 40.2 Å². The number of Topliss-reactive ketones (excluding diaryl/α,β-unsaturated/α-hetero) is 2. The van der Waals surface area contributed by atoms with Gasteiger partial charge in [0.2, 0.25) is 17.3 Å². The van der Waals surface area contributed by atoms with Crippen LogP contribution in [0.2, 0.25) is 0 Å². The lowest BCUT2D eigenvalue weighted by Gasteiger charge is -2.10. The van der Waals surface area contributed by atoms with Gasteiger partial charge in [-0.15, -0.1) is 0 Å². The van der Waals surface area contributed by atoms with E-state index in [0.29, 0.717) is 31.2 Å². The molecule has 150 valence electrons. The summed E-state index contributed by atoms with van der Waals surface area (Å²) in [6, 6.07) is 6.13. The first kappa shape index (κ1) is 21.0. The number of hydrogen-bond donors (Lipinski definition) is 6. The molecule has 2 rings (SSSR count). The Morgan fingerprint density at radius 3 is 2.14 bits per heavy atom. The monoisotopic (exact) mass is 390 g/mol. The van der Waals surface area contributed by atoms with Crippen LogP contribution in [0.15, 0.2) is 30.3 Å². The first-order valence-corrected chi connectivity index (χ1v) is 8.72. The van der Waals surface area contributed by atoms with Crippen molar-refractivity contribution in [1.29, 1.82) is 0 Å². The van der Waals surface area contributed by atoms with Crippen molar-refractivity contribution >= 4 is 11.6 Å². The number of phenols is 5. The molecule has 0 aliphatic carbocycles. The molecule has 0 aliphatic heterocycles. The number of aliphatic hydroxyl groups is 1. The molecule has 0 radical (unpaired) electrons. The van der Waals surface area contributed by atoms with Crippen molar-refractivity contribution in [1.82, 2.24) is 0 Å². The number of rotatable bonds is 9. The van der Waals surface area contributed by atoms with E-state index in [1.54, 1.807) is 0 Å². The molecule has 0 fully saturated rings. The van der Waals surface area contributed by atoms with Crippen LogP contribution in [0.5, 0.6) is 28.7 Å². The molecule has 0 saturated heterocycles. The van der Waals surface area contributed by atoms with Gasteiger partial charge in [-0.05, 0) is 48.6 Å². The van der Waals surface area contributed by atoms with Crippen LogP contribution in [-0.4, -0.2) is 42.2 Å². The first-order valence-electron chi connectivity index (χ1n) is 8.72. The van der Waals surface area contributed by atoms with Crippen LogP contribution in [-0.2, 0) is 16.0 Å². The normalized spacial score (nSPS) is 11.9. The Morgan fingerprint density at radius 1 is 0.786 bits per heavy atom. The van der Waals surface area contributed by atoms with E-state index in [4.69, 9.17) is 0 Å². The molecule has 8 nitrogen and oxygen atoms in total. The Bertz CT molecular complexity index is 875. The third-order valence-corrected chi connectivity index (χ3v) is 4.40. The number of ketones is 2. The topological polar surface area (TPSA) is 156 Å². The molecule has 6 N–H and O–H groups in total. The fourth-order valence-corrected chi connectivity index (χ4v) is 2.73. The standard InChI is InChI=1S/C20H22O8/c21-13-8-7-12(10-16(13)24)18(26)19(27)14(22)5-3-1-2-4-11-6-9-15(23)20(28)17(11)25/h6-10,18,21,23-26,28H,1-5H2. The van der Waals surface area contributed by atoms with Gasteiger partial charge < -0.3 is 30.6 Å². The Balaban J connectivity index is 1.79. The smallest absolute Gasteiger partial charge is 0.231 e. The van der Waals surface area contributed by atoms with Crippen molar-refractivity contribution in [2.24, 2.45) is 0 Å². The summed E-state index contributed by atoms with van der Waals surface area (Å²) in [4.78, 5) is 24.0. The minimum absolute atomic E-state index is 0.0104. The van der Waals surface area contributed by atoms with Gasteiger partial charge in [-0.2, -0.15) is 0 Å². The summed E-state index contributed by atoms with van der Waals surface area (Å²) in [6.45, 7) is 0. The number of aromatic hydroxyl groups is 5. The molecule has 0 aliphatic rings. The Morgan fingerprint density at radius 2 is 1.46 bits per heavy atom. The number of benzene rings is 2. The third-order valence-electron chi connectivity index (χ3n) is 4.40. The third kappa shape index (κ3) is 4.92. The minimum atomic E-state index is -1.71. The summed E-state index contributed by atoms with van der Waals surface area (Å²) in [6.07, 6.45) is 0.174. The van der Waals surface area contributed by atoms with Crippen LogP contribution in [0.1, 0.15) is 42.9 Å². The molecular formula is C20H22O8. The average molecular weight is 390 g/mol. The zero-order valence-corrected chi connectivity index (χ0v) is 15.0. The number of aryl methyl sites for hydroxylation is 1. The van der Waals surface area contributed by atoms with Gasteiger partial charge in [-0.25, -0.2) is 0 Å². The van der Waals surface area contributed by atoms with Crippen molar-refractivity contribution < 1.29 is 40.2 Å². The Labute approximate surface area is 160 Å². The molecule has 0 amide bonds. The van der Waals surface area contributed by atoms with Gasteiger partial charge in [0.25, 0.3) is 0 Å². The summed E-state index contributed by atoms with van der Waals surface area (Å²) in [7, 11) is 0. The van der Waals surface area contributed by atoms with E-state index in [2.05, 4.69) is 0 Å². The number of unbranched alkanes of at least 4 members (excludes halogenated alkanes) is 2. The van der Waals surface area contributed by atoms with Crippen LogP contribution in [0.25, 0.3) is 0 Å². The van der Waals surface area contributed by atoms with Gasteiger partial charge in [0.1, 0.15) is 6.10 Å². The van der Waals surface area contributed by atoms with Crippen molar-refractivity contribution in [3.8, 4) is 28.7 Å². The zero-order chi connectivity index (χ0) is 20.8. The Kier molecular flexibility index (Phi) is 6.84. The van der Waals surface area contributed by atoms with Gasteiger partial charge in [0.05, 0.1) is 0 Å². The molecule has 2 aromatic carbocycles. The highest BCUT2D eigenvalue weighted by Gasteiger charge is 2.24. The van der Waals surface area contributed by atoms with Crippen LogP contribution in [0, 0.1) is 0 Å². The molecule has 0 bridgehead atoms. The number of carbonyl (C=O) groups is 2. The van der Waals surface area contributed by atoms with Crippen molar-refractivity contribution in [2.75, 3.05) is 0 Å². The number of aliphatic hydroxyl groups excluding tert-OH is 1. The van der Waals surface area contributed by atoms with Crippen LogP contribution >= 0.6 is 0 Å². The molecule has 28 heavy (non-hydrogen) atoms. The highest BCUT2D eigenvalue weighted by Crippen LogP contribution is 2.37. The minimum Gasteiger partial charge on any atom is -0.504 e. The van der Waals surface area contributed by atoms with E-state index >= 15 is 0 Å².